The van der Waals surface area contributed by atoms with Gasteiger partial charge >= 0.3 is 0 Å². The van der Waals surface area contributed by atoms with Gasteiger partial charge in [-0.3, -0.25) is 5.41 Å². The summed E-state index contributed by atoms with van der Waals surface area (Å²) >= 11 is 0. The number of nitrogens with one attached hydrogen (secondary N) is 1. The summed E-state index contributed by atoms with van der Waals surface area (Å²) in [6.45, 7) is 5.32. The van der Waals surface area contributed by atoms with Crippen LogP contribution in [0.2, 0.25) is 0 Å². The first-order valence-electron chi connectivity index (χ1n) is 9.75. The smallest absolute Gasteiger partial charge is 0.244 e. The fraction of sp³-hybridized carbons (Fsp3) is 0.333. The number of aryl methyl sites for hydroxylation is 2. The van der Waals surface area contributed by atoms with Crippen molar-refractivity contribution in [2.75, 3.05) is 0 Å². The summed E-state index contributed by atoms with van der Waals surface area (Å²) in [5.74, 6) is -3.47. The van der Waals surface area contributed by atoms with E-state index < -0.39 is 40.4 Å². The van der Waals surface area contributed by atoms with Gasteiger partial charge in [0.2, 0.25) is 17.1 Å². The van der Waals surface area contributed by atoms with Gasteiger partial charge in [0, 0.05) is 5.56 Å². The van der Waals surface area contributed by atoms with Crippen LogP contribution < -0.4 is 0 Å². The SMILES string of the molecule is Cc1ccc(C)c(C2OC3(c4ccc(F)cc4)OC(=N)C(C#N)(C3C)C2(C#N)C#N)c1. The maximum absolute atomic E-state index is 13.6. The van der Waals surface area contributed by atoms with E-state index in [0.717, 1.165) is 11.1 Å². The Morgan fingerprint density at radius 3 is 2.23 bits per heavy atom. The summed E-state index contributed by atoms with van der Waals surface area (Å²) < 4.78 is 26.0. The predicted molar refractivity (Wildman–Crippen MR) is 108 cm³/mol. The molecular formula is C24H19FN4O2. The highest BCUT2D eigenvalue weighted by atomic mass is 19.1. The van der Waals surface area contributed by atoms with Crippen molar-refractivity contribution in [3.8, 4) is 18.2 Å². The monoisotopic (exact) mass is 414 g/mol. The number of ether oxygens (including phenoxy) is 2. The second-order valence-electron chi connectivity index (χ2n) is 8.14. The van der Waals surface area contributed by atoms with Gasteiger partial charge < -0.3 is 9.47 Å². The largest absolute Gasteiger partial charge is 0.443 e. The minimum absolute atomic E-state index is 0.406. The van der Waals surface area contributed by atoms with E-state index in [-0.39, 0.29) is 0 Å². The molecule has 6 nitrogen and oxygen atoms in total. The molecular weight excluding hydrogens is 395 g/mol. The number of benzene rings is 2. The standard InChI is InChI=1S/C24H19FN4O2/c1-14-4-5-15(2)19(10-14)20-22(11-26,12-27)23(13-28)16(3)24(30-20,31-21(23)29)17-6-8-18(25)9-7-17/h4-10,16,20,29H,1-3H3. The van der Waals surface area contributed by atoms with Crippen LogP contribution in [-0.2, 0) is 15.3 Å². The maximum Gasteiger partial charge on any atom is 0.244 e. The van der Waals surface area contributed by atoms with E-state index in [0.29, 0.717) is 11.1 Å². The molecule has 4 atom stereocenters. The highest BCUT2D eigenvalue weighted by molar-refractivity contribution is 5.89. The minimum atomic E-state index is -2.03. The molecule has 2 fully saturated rings. The van der Waals surface area contributed by atoms with Crippen molar-refractivity contribution in [1.82, 2.24) is 0 Å². The number of hydrogen-bond acceptors (Lipinski definition) is 6. The number of nitrogens with zero attached hydrogens (tertiary/aromatic N) is 3. The normalized spacial score (nSPS) is 30.5. The molecule has 0 aliphatic carbocycles. The molecule has 0 radical (unpaired) electrons. The average Bonchev–Trinajstić information content (AvgIpc) is 2.92. The van der Waals surface area contributed by atoms with Crippen LogP contribution in [0.25, 0.3) is 0 Å². The van der Waals surface area contributed by atoms with Crippen molar-refractivity contribution in [3.05, 3.63) is 70.5 Å². The van der Waals surface area contributed by atoms with Gasteiger partial charge in [0.25, 0.3) is 0 Å². The van der Waals surface area contributed by atoms with Gasteiger partial charge in [-0.2, -0.15) is 15.8 Å². The van der Waals surface area contributed by atoms with E-state index in [1.54, 1.807) is 6.92 Å². The lowest BCUT2D eigenvalue weighted by molar-refractivity contribution is -0.288. The topological polar surface area (TPSA) is 114 Å². The van der Waals surface area contributed by atoms with Crippen molar-refractivity contribution in [2.24, 2.45) is 16.7 Å². The van der Waals surface area contributed by atoms with E-state index in [9.17, 15) is 20.2 Å². The Morgan fingerprint density at radius 2 is 1.65 bits per heavy atom. The van der Waals surface area contributed by atoms with E-state index >= 15 is 0 Å². The first-order valence-corrected chi connectivity index (χ1v) is 9.75. The Morgan fingerprint density at radius 1 is 1.00 bits per heavy atom. The van der Waals surface area contributed by atoms with Crippen molar-refractivity contribution in [2.45, 2.75) is 32.7 Å². The van der Waals surface area contributed by atoms with Gasteiger partial charge in [-0.1, -0.05) is 30.7 Å². The van der Waals surface area contributed by atoms with Crippen molar-refractivity contribution < 1.29 is 13.9 Å². The molecule has 0 spiro atoms. The van der Waals surface area contributed by atoms with E-state index in [2.05, 4.69) is 6.07 Å². The number of fused-ring (bicyclic) bond motifs is 2. The third-order valence-electron chi connectivity index (χ3n) is 6.63. The molecule has 154 valence electrons. The highest BCUT2D eigenvalue weighted by Crippen LogP contribution is 2.69. The zero-order valence-electron chi connectivity index (χ0n) is 17.2. The molecule has 0 amide bonds. The number of rotatable bonds is 2. The van der Waals surface area contributed by atoms with Crippen LogP contribution in [0.4, 0.5) is 4.39 Å². The van der Waals surface area contributed by atoms with Crippen molar-refractivity contribution >= 4 is 5.90 Å². The first-order chi connectivity index (χ1) is 14.7. The molecule has 4 unspecified atom stereocenters. The third kappa shape index (κ3) is 2.34. The molecule has 2 bridgehead atoms. The molecule has 2 aromatic carbocycles. The fourth-order valence-electron chi connectivity index (χ4n) is 4.87. The second-order valence-corrected chi connectivity index (χ2v) is 8.14. The van der Waals surface area contributed by atoms with E-state index in [1.807, 2.05) is 44.2 Å². The van der Waals surface area contributed by atoms with Crippen LogP contribution in [-0.4, -0.2) is 5.90 Å². The van der Waals surface area contributed by atoms with Crippen LogP contribution in [0.3, 0.4) is 0 Å². The average molecular weight is 414 g/mol. The molecule has 2 aliphatic rings. The lowest BCUT2D eigenvalue weighted by Gasteiger charge is -2.49. The van der Waals surface area contributed by atoms with Gasteiger partial charge in [-0.25, -0.2) is 4.39 Å². The Bertz CT molecular complexity index is 1210. The second kappa shape index (κ2) is 6.64. The zero-order valence-corrected chi connectivity index (χ0v) is 17.2. The van der Waals surface area contributed by atoms with Crippen LogP contribution >= 0.6 is 0 Å². The fourth-order valence-corrected chi connectivity index (χ4v) is 4.87. The molecule has 7 heteroatoms. The van der Waals surface area contributed by atoms with Crippen molar-refractivity contribution in [1.29, 1.82) is 21.2 Å². The molecule has 2 saturated heterocycles. The molecule has 0 saturated carbocycles. The molecule has 2 aliphatic heterocycles. The first kappa shape index (κ1) is 20.5. The molecule has 1 N–H and O–H groups in total. The molecule has 2 aromatic rings. The van der Waals surface area contributed by atoms with Crippen LogP contribution in [0.15, 0.2) is 42.5 Å². The Labute approximate surface area is 179 Å². The quantitative estimate of drug-likeness (QED) is 0.774. The Balaban J connectivity index is 2.07. The number of hydrogen-bond donors (Lipinski definition) is 1. The van der Waals surface area contributed by atoms with Gasteiger partial charge in [0.1, 0.15) is 11.9 Å². The summed E-state index contributed by atoms with van der Waals surface area (Å²) in [6, 6.07) is 17.1. The summed E-state index contributed by atoms with van der Waals surface area (Å²) in [5, 5.41) is 39.4. The Hall–Kier alpha value is -3.73. The third-order valence-corrected chi connectivity index (χ3v) is 6.63. The summed E-state index contributed by atoms with van der Waals surface area (Å²) in [5.41, 5.74) is -1.28. The van der Waals surface area contributed by atoms with Gasteiger partial charge in [-0.05, 0) is 49.2 Å². The summed E-state index contributed by atoms with van der Waals surface area (Å²) in [7, 11) is 0. The van der Waals surface area contributed by atoms with Crippen LogP contribution in [0.5, 0.6) is 0 Å². The minimum Gasteiger partial charge on any atom is -0.443 e. The van der Waals surface area contributed by atoms with E-state index in [4.69, 9.17) is 14.9 Å². The molecule has 31 heavy (non-hydrogen) atoms. The van der Waals surface area contributed by atoms with Crippen LogP contribution in [0, 0.1) is 75.8 Å². The lowest BCUT2D eigenvalue weighted by atomic mass is 9.53. The number of halogens is 1. The predicted octanol–water partition coefficient (Wildman–Crippen LogP) is 4.55. The van der Waals surface area contributed by atoms with Crippen LogP contribution in [0.1, 0.15) is 35.3 Å². The Kier molecular flexibility index (Phi) is 4.40. The molecule has 4 rings (SSSR count). The van der Waals surface area contributed by atoms with Gasteiger partial charge in [0.15, 0.2) is 5.41 Å². The zero-order chi connectivity index (χ0) is 22.6. The highest BCUT2D eigenvalue weighted by Gasteiger charge is 2.79. The summed E-state index contributed by atoms with van der Waals surface area (Å²) in [6.07, 6.45) is -1.17. The maximum atomic E-state index is 13.6. The van der Waals surface area contributed by atoms with Gasteiger partial charge in [0.05, 0.1) is 24.1 Å². The summed E-state index contributed by atoms with van der Waals surface area (Å²) in [4.78, 5) is 0. The lowest BCUT2D eigenvalue weighted by Crippen LogP contribution is -2.57. The molecule has 0 aromatic heterocycles. The van der Waals surface area contributed by atoms with Crippen molar-refractivity contribution in [3.63, 3.8) is 0 Å². The van der Waals surface area contributed by atoms with Gasteiger partial charge in [-0.15, -0.1) is 0 Å². The van der Waals surface area contributed by atoms with E-state index in [1.165, 1.54) is 24.3 Å². The molecule has 2 heterocycles. The number of nitriles is 3.